The fraction of sp³-hybridized carbons (Fsp3) is 0.0833. The van der Waals surface area contributed by atoms with Crippen molar-refractivity contribution in [3.63, 3.8) is 0 Å². The average Bonchev–Trinajstić information content (AvgIpc) is 2.30. The van der Waals surface area contributed by atoms with Gasteiger partial charge in [-0.2, -0.15) is 0 Å². The maximum absolute atomic E-state index is 4.32. The first-order chi connectivity index (χ1) is 7.36. The summed E-state index contributed by atoms with van der Waals surface area (Å²) in [7, 11) is 0. The molecule has 1 aromatic heterocycles. The first kappa shape index (κ1) is 9.52. The zero-order chi connectivity index (χ0) is 10.7. The van der Waals surface area contributed by atoms with Crippen LogP contribution < -0.4 is 0 Å². The molecule has 0 bridgehead atoms. The van der Waals surface area contributed by atoms with Gasteiger partial charge in [0.15, 0.2) is 0 Å². The summed E-state index contributed by atoms with van der Waals surface area (Å²) in [5.41, 5.74) is 2.70. The molecule has 0 atom stereocenters. The number of hydrogen-bond acceptors (Lipinski definition) is 3. The van der Waals surface area contributed by atoms with Gasteiger partial charge in [0.1, 0.15) is 6.33 Å². The lowest BCUT2D eigenvalue weighted by Crippen LogP contribution is -1.84. The third-order valence-electron chi connectivity index (χ3n) is 2.16. The number of aromatic nitrogens is 2. The van der Waals surface area contributed by atoms with Gasteiger partial charge in [-0.1, -0.05) is 24.8 Å². The first-order valence-corrected chi connectivity index (χ1v) is 4.70. The Morgan fingerprint density at radius 1 is 1.40 bits per heavy atom. The molecule has 3 nitrogen and oxygen atoms in total. The zero-order valence-corrected chi connectivity index (χ0v) is 8.51. The average molecular weight is 197 g/mol. The second kappa shape index (κ2) is 4.00. The van der Waals surface area contributed by atoms with Gasteiger partial charge in [0, 0.05) is 23.4 Å². The van der Waals surface area contributed by atoms with Crippen LogP contribution in [-0.4, -0.2) is 16.2 Å². The van der Waals surface area contributed by atoms with Crippen molar-refractivity contribution < 1.29 is 0 Å². The monoisotopic (exact) mass is 197 g/mol. The largest absolute Gasteiger partial charge is 0.259 e. The summed E-state index contributed by atoms with van der Waals surface area (Å²) in [6.45, 7) is 5.65. The van der Waals surface area contributed by atoms with Crippen LogP contribution in [0.1, 0.15) is 12.5 Å². The molecule has 3 heteroatoms. The van der Waals surface area contributed by atoms with Gasteiger partial charge >= 0.3 is 0 Å². The minimum Gasteiger partial charge on any atom is -0.259 e. The molecule has 0 amide bonds. The molecular weight excluding hydrogens is 186 g/mol. The number of fused-ring (bicyclic) bond motifs is 1. The quantitative estimate of drug-likeness (QED) is 0.694. The van der Waals surface area contributed by atoms with Gasteiger partial charge in [-0.3, -0.25) is 4.99 Å². The Kier molecular flexibility index (Phi) is 2.54. The molecule has 0 unspecified atom stereocenters. The molecule has 0 N–H and O–H groups in total. The van der Waals surface area contributed by atoms with E-state index in [0.29, 0.717) is 0 Å². The van der Waals surface area contributed by atoms with Crippen LogP contribution in [0.4, 0.5) is 5.69 Å². The Morgan fingerprint density at radius 2 is 2.27 bits per heavy atom. The van der Waals surface area contributed by atoms with Crippen molar-refractivity contribution in [2.24, 2.45) is 4.99 Å². The summed E-state index contributed by atoms with van der Waals surface area (Å²) in [5.74, 6) is 0. The van der Waals surface area contributed by atoms with Crippen LogP contribution in [0.15, 0.2) is 36.2 Å². The predicted molar refractivity (Wildman–Crippen MR) is 63.5 cm³/mol. The van der Waals surface area contributed by atoms with Crippen molar-refractivity contribution >= 4 is 28.9 Å². The summed E-state index contributed by atoms with van der Waals surface area (Å²) < 4.78 is 0. The second-order valence-corrected chi connectivity index (χ2v) is 3.06. The van der Waals surface area contributed by atoms with E-state index in [1.165, 1.54) is 6.33 Å². The molecule has 2 rings (SSSR count). The van der Waals surface area contributed by atoms with E-state index in [1.807, 2.05) is 19.1 Å². The van der Waals surface area contributed by atoms with E-state index in [4.69, 9.17) is 0 Å². The van der Waals surface area contributed by atoms with Crippen LogP contribution in [0.3, 0.4) is 0 Å². The first-order valence-electron chi connectivity index (χ1n) is 4.70. The van der Waals surface area contributed by atoms with Crippen LogP contribution >= 0.6 is 0 Å². The lowest BCUT2D eigenvalue weighted by molar-refractivity contribution is 1.22. The predicted octanol–water partition coefficient (Wildman–Crippen LogP) is 3.00. The molecule has 0 saturated carbocycles. The minimum atomic E-state index is 0.854. The molecule has 0 aliphatic rings. The van der Waals surface area contributed by atoms with Gasteiger partial charge in [0.05, 0.1) is 11.2 Å². The van der Waals surface area contributed by atoms with Gasteiger partial charge in [-0.15, -0.1) is 0 Å². The smallest absolute Gasteiger partial charge is 0.116 e. The van der Waals surface area contributed by atoms with Gasteiger partial charge < -0.3 is 0 Å². The number of hydrogen-bond donors (Lipinski definition) is 0. The molecule has 0 saturated heterocycles. The van der Waals surface area contributed by atoms with E-state index in [2.05, 4.69) is 21.5 Å². The molecule has 15 heavy (non-hydrogen) atoms. The van der Waals surface area contributed by atoms with Crippen LogP contribution in [-0.2, 0) is 0 Å². The lowest BCUT2D eigenvalue weighted by Gasteiger charge is -2.03. The van der Waals surface area contributed by atoms with Crippen molar-refractivity contribution in [2.45, 2.75) is 6.92 Å². The Hall–Kier alpha value is -2.03. The molecule has 0 aliphatic heterocycles. The van der Waals surface area contributed by atoms with E-state index < -0.39 is 0 Å². The SMILES string of the molecule is C=Cc1ccc2cncnc2c1N=CC. The number of aliphatic imine (C=N–C) groups is 1. The molecule has 1 aromatic carbocycles. The molecule has 2 aromatic rings. The fourth-order valence-electron chi connectivity index (χ4n) is 1.48. The van der Waals surface area contributed by atoms with Crippen molar-refractivity contribution in [1.29, 1.82) is 0 Å². The third kappa shape index (κ3) is 1.64. The Balaban J connectivity index is 2.84. The lowest BCUT2D eigenvalue weighted by atomic mass is 10.1. The maximum atomic E-state index is 4.32. The van der Waals surface area contributed by atoms with E-state index in [1.54, 1.807) is 18.5 Å². The van der Waals surface area contributed by atoms with Crippen LogP contribution in [0.25, 0.3) is 17.0 Å². The van der Waals surface area contributed by atoms with Gasteiger partial charge in [-0.25, -0.2) is 9.97 Å². The van der Waals surface area contributed by atoms with Gasteiger partial charge in [0.25, 0.3) is 0 Å². The van der Waals surface area contributed by atoms with E-state index >= 15 is 0 Å². The molecule has 0 fully saturated rings. The third-order valence-corrected chi connectivity index (χ3v) is 2.16. The highest BCUT2D eigenvalue weighted by Gasteiger charge is 2.04. The minimum absolute atomic E-state index is 0.854. The summed E-state index contributed by atoms with van der Waals surface area (Å²) in [4.78, 5) is 12.5. The Bertz CT molecular complexity index is 529. The molecular formula is C12H11N3. The molecule has 74 valence electrons. The highest BCUT2D eigenvalue weighted by Crippen LogP contribution is 2.28. The normalized spacial score (nSPS) is 11.0. The highest BCUT2D eigenvalue weighted by atomic mass is 14.8. The molecule has 0 spiro atoms. The number of nitrogens with zero attached hydrogens (tertiary/aromatic N) is 3. The topological polar surface area (TPSA) is 38.1 Å². The van der Waals surface area contributed by atoms with Crippen molar-refractivity contribution in [2.75, 3.05) is 0 Å². The summed E-state index contributed by atoms with van der Waals surface area (Å²) >= 11 is 0. The van der Waals surface area contributed by atoms with Gasteiger partial charge in [0.2, 0.25) is 0 Å². The zero-order valence-electron chi connectivity index (χ0n) is 8.51. The van der Waals surface area contributed by atoms with E-state index in [0.717, 1.165) is 22.2 Å². The summed E-state index contributed by atoms with van der Waals surface area (Å²) in [6, 6.07) is 3.95. The molecule has 0 aliphatic carbocycles. The Labute approximate surface area is 88.2 Å². The number of benzene rings is 1. The highest BCUT2D eigenvalue weighted by molar-refractivity contribution is 5.94. The fourth-order valence-corrected chi connectivity index (χ4v) is 1.48. The maximum Gasteiger partial charge on any atom is 0.116 e. The second-order valence-electron chi connectivity index (χ2n) is 3.06. The van der Waals surface area contributed by atoms with Crippen molar-refractivity contribution in [3.05, 3.63) is 36.8 Å². The van der Waals surface area contributed by atoms with Crippen LogP contribution in [0, 0.1) is 0 Å². The number of rotatable bonds is 2. The van der Waals surface area contributed by atoms with Crippen LogP contribution in [0.2, 0.25) is 0 Å². The van der Waals surface area contributed by atoms with Crippen molar-refractivity contribution in [1.82, 2.24) is 9.97 Å². The molecule has 1 heterocycles. The van der Waals surface area contributed by atoms with E-state index in [9.17, 15) is 0 Å². The summed E-state index contributed by atoms with van der Waals surface area (Å²) in [6.07, 6.45) is 6.85. The Morgan fingerprint density at radius 3 is 3.00 bits per heavy atom. The van der Waals surface area contributed by atoms with Crippen LogP contribution in [0.5, 0.6) is 0 Å². The summed E-state index contributed by atoms with van der Waals surface area (Å²) in [5, 5.41) is 0.990. The van der Waals surface area contributed by atoms with Crippen molar-refractivity contribution in [3.8, 4) is 0 Å². The molecule has 0 radical (unpaired) electrons. The standard InChI is InChI=1S/C12H11N3/c1-3-9-5-6-10-7-13-8-15-12(10)11(9)14-4-2/h3-8H,1H2,2H3. The van der Waals surface area contributed by atoms with E-state index in [-0.39, 0.29) is 0 Å². The van der Waals surface area contributed by atoms with Gasteiger partial charge in [-0.05, 0) is 6.92 Å².